The first-order valence-corrected chi connectivity index (χ1v) is 11.5. The van der Waals surface area contributed by atoms with Gasteiger partial charge >= 0.3 is 0 Å². The zero-order valence-electron chi connectivity index (χ0n) is 16.1. The van der Waals surface area contributed by atoms with E-state index in [0.29, 0.717) is 5.56 Å². The predicted molar refractivity (Wildman–Crippen MR) is 137 cm³/mol. The fourth-order valence-electron chi connectivity index (χ4n) is 3.08. The van der Waals surface area contributed by atoms with Gasteiger partial charge in [-0.05, 0) is 21.9 Å². The summed E-state index contributed by atoms with van der Waals surface area (Å²) in [4.78, 5) is 12.4. The summed E-state index contributed by atoms with van der Waals surface area (Å²) in [5, 5.41) is 2.38. The Hall–Kier alpha value is -1.59. The molecular formula is C23H13Cl6N3. The number of rotatable bonds is 3. The van der Waals surface area contributed by atoms with Crippen molar-refractivity contribution in [3.8, 4) is 11.4 Å². The molecule has 0 aliphatic rings. The van der Waals surface area contributed by atoms with Crippen molar-refractivity contribution >= 4 is 92.5 Å². The van der Waals surface area contributed by atoms with E-state index in [1.54, 1.807) is 0 Å². The minimum absolute atomic E-state index is 0.131. The molecule has 0 aliphatic carbocycles. The van der Waals surface area contributed by atoms with Crippen molar-refractivity contribution < 1.29 is 0 Å². The van der Waals surface area contributed by atoms with E-state index in [-0.39, 0.29) is 17.5 Å². The van der Waals surface area contributed by atoms with Crippen molar-refractivity contribution in [1.82, 2.24) is 15.0 Å². The highest BCUT2D eigenvalue weighted by Crippen LogP contribution is 2.40. The lowest BCUT2D eigenvalue weighted by Crippen LogP contribution is -2.16. The van der Waals surface area contributed by atoms with Crippen LogP contribution < -0.4 is 0 Å². The summed E-state index contributed by atoms with van der Waals surface area (Å²) in [6, 6.07) is 22.0. The van der Waals surface area contributed by atoms with E-state index in [4.69, 9.17) is 69.6 Å². The van der Waals surface area contributed by atoms with Crippen LogP contribution >= 0.6 is 69.6 Å². The minimum atomic E-state index is -1.90. The molecule has 0 saturated carbocycles. The maximum Gasteiger partial charge on any atom is 0.250 e. The molecule has 4 rings (SSSR count). The molecule has 3 aromatic carbocycles. The van der Waals surface area contributed by atoms with Crippen LogP contribution in [-0.2, 0) is 7.59 Å². The number of hydrogen-bond donors (Lipinski definition) is 0. The van der Waals surface area contributed by atoms with Gasteiger partial charge < -0.3 is 0 Å². The van der Waals surface area contributed by atoms with Crippen LogP contribution in [0.15, 0.2) is 66.7 Å². The molecule has 3 nitrogen and oxygen atoms in total. The van der Waals surface area contributed by atoms with Crippen LogP contribution in [0.1, 0.15) is 22.8 Å². The molecule has 0 fully saturated rings. The molecular weight excluding hydrogens is 531 g/mol. The number of fused-ring (bicyclic) bond motifs is 1. The van der Waals surface area contributed by atoms with Gasteiger partial charge in [0, 0.05) is 5.56 Å². The Labute approximate surface area is 214 Å². The lowest BCUT2D eigenvalue weighted by molar-refractivity contribution is 0.851. The SMILES string of the molecule is ClC(Cl)(Cl)c1nc(-c2ccc(C=Cc3cccc4ccccc34)cc2)nc(C(Cl)(Cl)Cl)n1. The third-order valence-corrected chi connectivity index (χ3v) is 5.60. The Kier molecular flexibility index (Phi) is 6.88. The molecule has 0 spiro atoms. The molecule has 0 saturated heterocycles. The number of hydrogen-bond acceptors (Lipinski definition) is 3. The molecule has 162 valence electrons. The van der Waals surface area contributed by atoms with Gasteiger partial charge in [-0.15, -0.1) is 0 Å². The predicted octanol–water partition coefficient (Wildman–Crippen LogP) is 8.52. The van der Waals surface area contributed by atoms with Gasteiger partial charge in [0.05, 0.1) is 0 Å². The molecule has 32 heavy (non-hydrogen) atoms. The smallest absolute Gasteiger partial charge is 0.209 e. The number of nitrogens with zero attached hydrogens (tertiary/aromatic N) is 3. The third kappa shape index (κ3) is 5.48. The van der Waals surface area contributed by atoms with Gasteiger partial charge in [0.1, 0.15) is 0 Å². The quantitative estimate of drug-likeness (QED) is 0.192. The first-order chi connectivity index (χ1) is 15.1. The van der Waals surface area contributed by atoms with E-state index in [2.05, 4.69) is 45.3 Å². The minimum Gasteiger partial charge on any atom is -0.209 e. The fraction of sp³-hybridized carbons (Fsp3) is 0.0870. The highest BCUT2D eigenvalue weighted by Gasteiger charge is 2.34. The summed E-state index contributed by atoms with van der Waals surface area (Å²) in [6.45, 7) is 0. The second-order valence-electron chi connectivity index (χ2n) is 6.83. The highest BCUT2D eigenvalue weighted by molar-refractivity contribution is 6.67. The molecule has 0 bridgehead atoms. The van der Waals surface area contributed by atoms with Crippen LogP contribution in [0.5, 0.6) is 0 Å². The Balaban J connectivity index is 1.66. The summed E-state index contributed by atoms with van der Waals surface area (Å²) >= 11 is 35.7. The first-order valence-electron chi connectivity index (χ1n) is 9.28. The van der Waals surface area contributed by atoms with Crippen molar-refractivity contribution in [2.24, 2.45) is 0 Å². The average molecular weight is 544 g/mol. The van der Waals surface area contributed by atoms with Gasteiger partial charge in [0.2, 0.25) is 7.59 Å². The zero-order valence-corrected chi connectivity index (χ0v) is 20.7. The Bertz CT molecular complexity index is 1250. The summed E-state index contributed by atoms with van der Waals surface area (Å²) in [5.74, 6) is -0.0326. The van der Waals surface area contributed by atoms with Crippen LogP contribution in [0.3, 0.4) is 0 Å². The lowest BCUT2D eigenvalue weighted by Gasteiger charge is -2.15. The summed E-state index contributed by atoms with van der Waals surface area (Å²) < 4.78 is -3.80. The summed E-state index contributed by atoms with van der Waals surface area (Å²) in [5.41, 5.74) is 2.77. The number of halogens is 6. The monoisotopic (exact) mass is 541 g/mol. The standard InChI is InChI=1S/C23H13Cl6N3/c24-22(25,26)20-30-19(31-21(32-20)23(27,28)29)17-12-9-14(10-13-17)8-11-16-6-3-5-15-4-1-2-7-18(15)16/h1-13H. The lowest BCUT2D eigenvalue weighted by atomic mass is 10.0. The van der Waals surface area contributed by atoms with Gasteiger partial charge in [-0.1, -0.05) is 148 Å². The van der Waals surface area contributed by atoms with E-state index in [0.717, 1.165) is 11.1 Å². The van der Waals surface area contributed by atoms with Gasteiger partial charge in [-0.3, -0.25) is 0 Å². The van der Waals surface area contributed by atoms with E-state index in [1.807, 2.05) is 48.5 Å². The molecule has 4 aromatic rings. The maximum absolute atomic E-state index is 5.95. The first kappa shape index (κ1) is 23.6. The normalized spacial score (nSPS) is 12.6. The number of alkyl halides is 6. The van der Waals surface area contributed by atoms with Crippen LogP contribution in [0.4, 0.5) is 0 Å². The maximum atomic E-state index is 5.95. The Morgan fingerprint density at radius 3 is 1.81 bits per heavy atom. The molecule has 0 unspecified atom stereocenters. The molecule has 0 radical (unpaired) electrons. The second-order valence-corrected chi connectivity index (χ2v) is 11.4. The second kappa shape index (κ2) is 9.34. The van der Waals surface area contributed by atoms with Gasteiger partial charge in [-0.25, -0.2) is 15.0 Å². The Morgan fingerprint density at radius 2 is 1.19 bits per heavy atom. The van der Waals surface area contributed by atoms with Gasteiger partial charge in [0.25, 0.3) is 0 Å². The highest BCUT2D eigenvalue weighted by atomic mass is 35.6. The van der Waals surface area contributed by atoms with Crippen molar-refractivity contribution in [2.75, 3.05) is 0 Å². The van der Waals surface area contributed by atoms with Crippen LogP contribution in [0.25, 0.3) is 34.3 Å². The number of aromatic nitrogens is 3. The third-order valence-electron chi connectivity index (χ3n) is 4.59. The van der Waals surface area contributed by atoms with Crippen LogP contribution in [0.2, 0.25) is 0 Å². The van der Waals surface area contributed by atoms with Gasteiger partial charge in [-0.2, -0.15) is 0 Å². The van der Waals surface area contributed by atoms with E-state index >= 15 is 0 Å². The topological polar surface area (TPSA) is 38.7 Å². The summed E-state index contributed by atoms with van der Waals surface area (Å²) in [6.07, 6.45) is 4.10. The molecule has 9 heteroatoms. The molecule has 0 amide bonds. The average Bonchev–Trinajstić information content (AvgIpc) is 2.76. The molecule has 1 heterocycles. The zero-order chi connectivity index (χ0) is 22.9. The van der Waals surface area contributed by atoms with E-state index in [9.17, 15) is 0 Å². The van der Waals surface area contributed by atoms with E-state index < -0.39 is 7.59 Å². The largest absolute Gasteiger partial charge is 0.250 e. The fourth-order valence-corrected chi connectivity index (χ4v) is 3.59. The van der Waals surface area contributed by atoms with E-state index in [1.165, 1.54) is 10.8 Å². The van der Waals surface area contributed by atoms with Crippen LogP contribution in [0, 0.1) is 0 Å². The number of benzene rings is 3. The van der Waals surface area contributed by atoms with Crippen molar-refractivity contribution in [3.05, 3.63) is 89.5 Å². The van der Waals surface area contributed by atoms with Crippen molar-refractivity contribution in [2.45, 2.75) is 7.59 Å². The van der Waals surface area contributed by atoms with Crippen LogP contribution in [-0.4, -0.2) is 15.0 Å². The molecule has 0 N–H and O–H groups in total. The Morgan fingerprint density at radius 1 is 0.594 bits per heavy atom. The summed E-state index contributed by atoms with van der Waals surface area (Å²) in [7, 11) is 0. The van der Waals surface area contributed by atoms with Crippen molar-refractivity contribution in [1.29, 1.82) is 0 Å². The molecule has 0 aliphatic heterocycles. The van der Waals surface area contributed by atoms with Gasteiger partial charge in [0.15, 0.2) is 17.5 Å². The molecule has 1 aromatic heterocycles. The van der Waals surface area contributed by atoms with Crippen molar-refractivity contribution in [3.63, 3.8) is 0 Å². The molecule has 0 atom stereocenters.